The average Bonchev–Trinajstić information content (AvgIpc) is 3.12. The Morgan fingerprint density at radius 2 is 1.44 bits per heavy atom. The van der Waals surface area contributed by atoms with E-state index in [1.165, 1.54) is 7.11 Å². The van der Waals surface area contributed by atoms with Crippen LogP contribution in [0.2, 0.25) is 0 Å². The number of ether oxygens (including phenoxy) is 2. The molecule has 6 nitrogen and oxygen atoms in total. The van der Waals surface area contributed by atoms with E-state index in [2.05, 4.69) is 6.58 Å². The number of anilines is 1. The molecule has 4 rings (SSSR count). The normalized spacial score (nSPS) is 17.8. The van der Waals surface area contributed by atoms with E-state index in [9.17, 15) is 14.4 Å². The van der Waals surface area contributed by atoms with Crippen molar-refractivity contribution in [1.29, 1.82) is 0 Å². The number of hydrogen-bond acceptors (Lipinski definition) is 5. The van der Waals surface area contributed by atoms with Crippen LogP contribution in [0.1, 0.15) is 43.4 Å². The summed E-state index contributed by atoms with van der Waals surface area (Å²) in [7, 11) is 1.28. The van der Waals surface area contributed by atoms with Crippen molar-refractivity contribution in [2.75, 3.05) is 12.0 Å². The van der Waals surface area contributed by atoms with Crippen LogP contribution < -0.4 is 4.90 Å². The molecule has 0 N–H and O–H groups in total. The van der Waals surface area contributed by atoms with Crippen LogP contribution in [-0.4, -0.2) is 30.7 Å². The van der Waals surface area contributed by atoms with Gasteiger partial charge in [0.05, 0.1) is 12.8 Å². The van der Waals surface area contributed by atoms with Gasteiger partial charge in [-0.15, -0.1) is 0 Å². The maximum Gasteiger partial charge on any atom is 0.421 e. The van der Waals surface area contributed by atoms with Gasteiger partial charge in [-0.25, -0.2) is 14.5 Å². The highest BCUT2D eigenvalue weighted by atomic mass is 16.6. The molecule has 0 spiro atoms. The smallest absolute Gasteiger partial charge is 0.421 e. The van der Waals surface area contributed by atoms with Crippen molar-refractivity contribution in [3.8, 4) is 0 Å². The number of nitrogens with zero attached hydrogens (tertiary/aromatic N) is 1. The molecule has 0 radical (unpaired) electrons. The first-order valence-electron chi connectivity index (χ1n) is 11.7. The summed E-state index contributed by atoms with van der Waals surface area (Å²) in [6.45, 7) is 9.32. The molecular weight excluding hydrogens is 454 g/mol. The predicted octanol–water partition coefficient (Wildman–Crippen LogP) is 5.77. The van der Waals surface area contributed by atoms with Gasteiger partial charge in [0.15, 0.2) is 0 Å². The summed E-state index contributed by atoms with van der Waals surface area (Å²) >= 11 is 0. The minimum atomic E-state index is -1.48. The SMILES string of the molecule is C=C(C(=O)OC)C(c1ccccc1)C1(c2ccccc2)C(=O)N(C(=O)OC(C)(C)C)c2ccccc21. The summed E-state index contributed by atoms with van der Waals surface area (Å²) in [5, 5.41) is 0. The molecule has 0 saturated carbocycles. The van der Waals surface area contributed by atoms with Gasteiger partial charge in [0.2, 0.25) is 0 Å². The van der Waals surface area contributed by atoms with E-state index in [1.54, 1.807) is 32.9 Å². The van der Waals surface area contributed by atoms with Gasteiger partial charge < -0.3 is 9.47 Å². The highest BCUT2D eigenvalue weighted by Crippen LogP contribution is 2.56. The number of fused-ring (bicyclic) bond motifs is 1. The Morgan fingerprint density at radius 1 is 0.889 bits per heavy atom. The number of rotatable bonds is 5. The highest BCUT2D eigenvalue weighted by Gasteiger charge is 2.60. The lowest BCUT2D eigenvalue weighted by Crippen LogP contribution is -2.49. The summed E-state index contributed by atoms with van der Waals surface area (Å²) in [6, 6.07) is 25.5. The Hall–Kier alpha value is -4.19. The van der Waals surface area contributed by atoms with E-state index in [-0.39, 0.29) is 5.57 Å². The second-order valence-corrected chi connectivity index (χ2v) is 9.67. The highest BCUT2D eigenvalue weighted by molar-refractivity contribution is 6.23. The second kappa shape index (κ2) is 9.46. The largest absolute Gasteiger partial charge is 0.466 e. The van der Waals surface area contributed by atoms with E-state index in [1.807, 2.05) is 72.8 Å². The molecule has 0 bridgehead atoms. The van der Waals surface area contributed by atoms with Crippen molar-refractivity contribution in [1.82, 2.24) is 0 Å². The van der Waals surface area contributed by atoms with Crippen LogP contribution in [0.25, 0.3) is 0 Å². The molecule has 184 valence electrons. The maximum atomic E-state index is 14.7. The zero-order valence-corrected chi connectivity index (χ0v) is 20.9. The fraction of sp³-hybridized carbons (Fsp3) is 0.233. The Labute approximate surface area is 211 Å². The van der Waals surface area contributed by atoms with E-state index in [0.29, 0.717) is 22.4 Å². The minimum absolute atomic E-state index is 0.0988. The van der Waals surface area contributed by atoms with Crippen LogP contribution in [0.5, 0.6) is 0 Å². The zero-order chi connectivity index (χ0) is 26.1. The fourth-order valence-corrected chi connectivity index (χ4v) is 4.92. The van der Waals surface area contributed by atoms with E-state index in [0.717, 1.165) is 4.90 Å². The monoisotopic (exact) mass is 483 g/mol. The number of amides is 2. The van der Waals surface area contributed by atoms with Gasteiger partial charge in [-0.2, -0.15) is 0 Å². The van der Waals surface area contributed by atoms with E-state index in [4.69, 9.17) is 9.47 Å². The number of para-hydroxylation sites is 1. The average molecular weight is 484 g/mol. The quantitative estimate of drug-likeness (QED) is 0.340. The van der Waals surface area contributed by atoms with Crippen molar-refractivity contribution in [3.05, 3.63) is 114 Å². The van der Waals surface area contributed by atoms with Crippen molar-refractivity contribution in [2.24, 2.45) is 0 Å². The van der Waals surface area contributed by atoms with Gasteiger partial charge in [-0.3, -0.25) is 4.79 Å². The number of carbonyl (C=O) groups excluding carboxylic acids is 3. The topological polar surface area (TPSA) is 72.9 Å². The first-order valence-corrected chi connectivity index (χ1v) is 11.7. The van der Waals surface area contributed by atoms with Gasteiger partial charge in [-0.05, 0) is 43.5 Å². The first kappa shape index (κ1) is 24.9. The molecule has 0 saturated heterocycles. The Balaban J connectivity index is 2.08. The molecule has 1 heterocycles. The summed E-state index contributed by atoms with van der Waals surface area (Å²) in [4.78, 5) is 42.1. The third-order valence-corrected chi connectivity index (χ3v) is 6.28. The lowest BCUT2D eigenvalue weighted by molar-refractivity contribution is -0.136. The van der Waals surface area contributed by atoms with Crippen molar-refractivity contribution >= 4 is 23.7 Å². The van der Waals surface area contributed by atoms with Gasteiger partial charge in [0.1, 0.15) is 11.0 Å². The summed E-state index contributed by atoms with van der Waals surface area (Å²) in [5.74, 6) is -2.03. The van der Waals surface area contributed by atoms with Crippen molar-refractivity contribution in [3.63, 3.8) is 0 Å². The third kappa shape index (κ3) is 4.09. The molecule has 3 aromatic carbocycles. The Morgan fingerprint density at radius 3 is 2.03 bits per heavy atom. The molecular formula is C30H29NO5. The van der Waals surface area contributed by atoms with Crippen molar-refractivity contribution < 1.29 is 23.9 Å². The lowest BCUT2D eigenvalue weighted by Gasteiger charge is -2.38. The number of esters is 1. The molecule has 2 atom stereocenters. The lowest BCUT2D eigenvalue weighted by atomic mass is 9.62. The number of carbonyl (C=O) groups is 3. The Kier molecular flexibility index (Phi) is 6.55. The molecule has 0 aromatic heterocycles. The van der Waals surface area contributed by atoms with Crippen LogP contribution in [0.4, 0.5) is 10.5 Å². The number of benzene rings is 3. The van der Waals surface area contributed by atoms with Gasteiger partial charge >= 0.3 is 12.1 Å². The molecule has 0 fully saturated rings. The van der Waals surface area contributed by atoms with Gasteiger partial charge in [0, 0.05) is 11.5 Å². The molecule has 6 heteroatoms. The Bertz CT molecular complexity index is 1310. The molecule has 2 unspecified atom stereocenters. The number of hydrogen-bond donors (Lipinski definition) is 0. The van der Waals surface area contributed by atoms with E-state index >= 15 is 0 Å². The van der Waals surface area contributed by atoms with Gasteiger partial charge in [-0.1, -0.05) is 85.4 Å². The summed E-state index contributed by atoms with van der Waals surface area (Å²) in [6.07, 6.45) is -0.784. The zero-order valence-electron chi connectivity index (χ0n) is 20.9. The van der Waals surface area contributed by atoms with Crippen LogP contribution in [0, 0.1) is 0 Å². The molecule has 36 heavy (non-hydrogen) atoms. The van der Waals surface area contributed by atoms with Crippen molar-refractivity contribution in [2.45, 2.75) is 37.7 Å². The van der Waals surface area contributed by atoms with Crippen LogP contribution in [0.3, 0.4) is 0 Å². The molecule has 0 aliphatic carbocycles. The number of methoxy groups -OCH3 is 1. The second-order valence-electron chi connectivity index (χ2n) is 9.67. The van der Waals surface area contributed by atoms with E-state index < -0.39 is 34.9 Å². The van der Waals surface area contributed by atoms with Crippen LogP contribution in [0.15, 0.2) is 97.1 Å². The molecule has 3 aromatic rings. The molecule has 2 amide bonds. The third-order valence-electron chi connectivity index (χ3n) is 6.28. The fourth-order valence-electron chi connectivity index (χ4n) is 4.92. The molecule has 1 aliphatic rings. The summed E-state index contributed by atoms with van der Waals surface area (Å²) in [5.41, 5.74) is 0.0745. The van der Waals surface area contributed by atoms with Crippen LogP contribution >= 0.6 is 0 Å². The number of imide groups is 1. The first-order chi connectivity index (χ1) is 17.1. The standard InChI is InChI=1S/C30H29NO5/c1-20(26(32)35-5)25(21-14-8-6-9-15-21)30(22-16-10-7-11-17-22)23-18-12-13-19-24(23)31(27(30)33)28(34)36-29(2,3)4/h6-19,25H,1H2,2-5H3. The molecule has 1 aliphatic heterocycles. The minimum Gasteiger partial charge on any atom is -0.466 e. The predicted molar refractivity (Wildman–Crippen MR) is 138 cm³/mol. The van der Waals surface area contributed by atoms with Gasteiger partial charge in [0.25, 0.3) is 5.91 Å². The van der Waals surface area contributed by atoms with Crippen LogP contribution in [-0.2, 0) is 24.5 Å². The maximum absolute atomic E-state index is 14.7. The summed E-state index contributed by atoms with van der Waals surface area (Å²) < 4.78 is 10.7.